The van der Waals surface area contributed by atoms with Crippen LogP contribution in [-0.2, 0) is 3.07 Å². The highest BCUT2D eigenvalue weighted by atomic mass is 127. The molecule has 0 aromatic heterocycles. The molecule has 0 N–H and O–H groups in total. The summed E-state index contributed by atoms with van der Waals surface area (Å²) < 4.78 is 12.1. The van der Waals surface area contributed by atoms with E-state index in [1.807, 2.05) is 19.1 Å². The molecule has 1 aliphatic carbocycles. The Hall–Kier alpha value is 0.0400. The lowest BCUT2D eigenvalue weighted by Gasteiger charge is -2.01. The van der Waals surface area contributed by atoms with E-state index in [-0.39, 0.29) is 0 Å². The quantitative estimate of drug-likeness (QED) is 0.689. The lowest BCUT2D eigenvalue weighted by molar-refractivity contribution is 0.648. The first-order valence-electron chi connectivity index (χ1n) is 4.20. The van der Waals surface area contributed by atoms with Crippen LogP contribution in [0.25, 0.3) is 0 Å². The van der Waals surface area contributed by atoms with Crippen LogP contribution in [0.1, 0.15) is 26.7 Å². The van der Waals surface area contributed by atoms with Crippen LogP contribution in [0.4, 0.5) is 0 Å². The summed E-state index contributed by atoms with van der Waals surface area (Å²) in [5.41, 5.74) is 2.34. The maximum Gasteiger partial charge on any atom is 0.178 e. The highest BCUT2D eigenvalue weighted by molar-refractivity contribution is 14.2. The van der Waals surface area contributed by atoms with Crippen LogP contribution in [0.2, 0.25) is 0 Å². The Bertz CT molecular complexity index is 313. The van der Waals surface area contributed by atoms with Crippen LogP contribution in [0, 0.1) is 0 Å². The van der Waals surface area contributed by atoms with Gasteiger partial charge in [0.1, 0.15) is 0 Å². The Labute approximate surface area is 94.2 Å². The van der Waals surface area contributed by atoms with E-state index in [2.05, 4.69) is 6.92 Å². The molecule has 0 unspecified atom stereocenters. The molecular formula is C10H12ClIO. The van der Waals surface area contributed by atoms with Gasteiger partial charge in [-0.05, 0) is 31.1 Å². The fraction of sp³-hybridized carbons (Fsp3) is 0.400. The Kier molecular flexibility index (Phi) is 4.32. The van der Waals surface area contributed by atoms with Crippen molar-refractivity contribution in [3.05, 3.63) is 31.9 Å². The summed E-state index contributed by atoms with van der Waals surface area (Å²) in [7, 11) is 0. The van der Waals surface area contributed by atoms with Crippen molar-refractivity contribution < 1.29 is 3.07 Å². The average molecular weight is 311 g/mol. The summed E-state index contributed by atoms with van der Waals surface area (Å²) >= 11 is 4.93. The standard InChI is InChI=1S/C10H12ClIO/c1-3-8-6-9(11)4-7(2)5-10(8)12-13/h4,6H,3,5H2,1-2H3. The first-order chi connectivity index (χ1) is 6.17. The van der Waals surface area contributed by atoms with Crippen molar-refractivity contribution in [2.45, 2.75) is 26.7 Å². The molecule has 0 saturated heterocycles. The number of allylic oxidation sites excluding steroid dienone is 6. The molecule has 13 heavy (non-hydrogen) atoms. The number of halogens is 2. The third-order valence-corrected chi connectivity index (χ3v) is 3.78. The summed E-state index contributed by atoms with van der Waals surface area (Å²) in [5.74, 6) is 0. The summed E-state index contributed by atoms with van der Waals surface area (Å²) in [6.07, 6.45) is 5.62. The van der Waals surface area contributed by atoms with Gasteiger partial charge in [0, 0.05) is 15.0 Å². The Morgan fingerprint density at radius 2 is 2.23 bits per heavy atom. The van der Waals surface area contributed by atoms with Gasteiger partial charge in [0.2, 0.25) is 0 Å². The molecule has 3 heteroatoms. The van der Waals surface area contributed by atoms with Crippen LogP contribution in [0.15, 0.2) is 31.9 Å². The average Bonchev–Trinajstić information content (AvgIpc) is 2.23. The minimum absolute atomic E-state index is 0.752. The minimum atomic E-state index is -1.04. The van der Waals surface area contributed by atoms with Gasteiger partial charge in [0.25, 0.3) is 0 Å². The molecule has 0 aromatic carbocycles. The highest BCUT2D eigenvalue weighted by Crippen LogP contribution is 2.32. The summed E-state index contributed by atoms with van der Waals surface area (Å²) in [6, 6.07) is 0. The molecule has 1 rings (SSSR count). The largest absolute Gasteiger partial charge is 0.265 e. The van der Waals surface area contributed by atoms with Crippen molar-refractivity contribution in [2.24, 2.45) is 0 Å². The first kappa shape index (κ1) is 11.1. The Balaban J connectivity index is 3.12. The van der Waals surface area contributed by atoms with E-state index >= 15 is 0 Å². The number of rotatable bonds is 2. The second kappa shape index (κ2) is 5.05. The maximum absolute atomic E-state index is 11.0. The minimum Gasteiger partial charge on any atom is -0.265 e. The van der Waals surface area contributed by atoms with Crippen LogP contribution in [0.3, 0.4) is 0 Å². The fourth-order valence-electron chi connectivity index (χ4n) is 1.30. The van der Waals surface area contributed by atoms with Crippen molar-refractivity contribution in [1.82, 2.24) is 0 Å². The van der Waals surface area contributed by atoms with Crippen molar-refractivity contribution in [1.29, 1.82) is 0 Å². The maximum atomic E-state index is 11.0. The van der Waals surface area contributed by atoms with Crippen molar-refractivity contribution in [3.8, 4) is 0 Å². The summed E-state index contributed by atoms with van der Waals surface area (Å²) in [5, 5.41) is 0.752. The molecule has 0 heterocycles. The molecule has 0 radical (unpaired) electrons. The van der Waals surface area contributed by atoms with E-state index in [9.17, 15) is 3.07 Å². The molecule has 72 valence electrons. The molecule has 0 aliphatic heterocycles. The lowest BCUT2D eigenvalue weighted by atomic mass is 10.1. The van der Waals surface area contributed by atoms with Crippen LogP contribution in [-0.4, -0.2) is 0 Å². The SMILES string of the molecule is CCC1=C(I=O)CC(C)=CC(Cl)=C1. The Morgan fingerprint density at radius 3 is 2.77 bits per heavy atom. The van der Waals surface area contributed by atoms with Crippen molar-refractivity contribution in [2.75, 3.05) is 0 Å². The highest BCUT2D eigenvalue weighted by Gasteiger charge is 2.09. The molecule has 0 fully saturated rings. The van der Waals surface area contributed by atoms with Gasteiger partial charge < -0.3 is 0 Å². The molecule has 1 aliphatic rings. The van der Waals surface area contributed by atoms with Gasteiger partial charge in [-0.3, -0.25) is 3.07 Å². The summed E-state index contributed by atoms with van der Waals surface area (Å²) in [4.78, 5) is 0. The van der Waals surface area contributed by atoms with Gasteiger partial charge >= 0.3 is 0 Å². The molecule has 0 amide bonds. The smallest absolute Gasteiger partial charge is 0.178 e. The molecule has 0 spiro atoms. The third kappa shape index (κ3) is 3.02. The normalized spacial score (nSPS) is 18.1. The van der Waals surface area contributed by atoms with E-state index in [0.717, 1.165) is 27.0 Å². The van der Waals surface area contributed by atoms with E-state index in [1.165, 1.54) is 5.57 Å². The first-order valence-corrected chi connectivity index (χ1v) is 6.54. The predicted molar refractivity (Wildman–Crippen MR) is 64.3 cm³/mol. The van der Waals surface area contributed by atoms with Crippen LogP contribution in [0.5, 0.6) is 0 Å². The van der Waals surface area contributed by atoms with Gasteiger partial charge in [-0.15, -0.1) is 0 Å². The second-order valence-corrected chi connectivity index (χ2v) is 5.24. The van der Waals surface area contributed by atoms with Gasteiger partial charge in [0.15, 0.2) is 21.2 Å². The zero-order valence-corrected chi connectivity index (χ0v) is 10.6. The van der Waals surface area contributed by atoms with Gasteiger partial charge in [0.05, 0.1) is 0 Å². The van der Waals surface area contributed by atoms with Crippen LogP contribution < -0.4 is 0 Å². The summed E-state index contributed by atoms with van der Waals surface area (Å²) in [6.45, 7) is 4.09. The van der Waals surface area contributed by atoms with Gasteiger partial charge in [-0.25, -0.2) is 0 Å². The molecule has 0 aromatic rings. The number of hydrogen-bond donors (Lipinski definition) is 0. The second-order valence-electron chi connectivity index (χ2n) is 3.06. The Morgan fingerprint density at radius 1 is 1.54 bits per heavy atom. The van der Waals surface area contributed by atoms with Gasteiger partial charge in [-0.2, -0.15) is 0 Å². The molecular weight excluding hydrogens is 298 g/mol. The topological polar surface area (TPSA) is 17.1 Å². The van der Waals surface area contributed by atoms with Crippen molar-refractivity contribution >= 4 is 32.8 Å². The van der Waals surface area contributed by atoms with E-state index in [1.54, 1.807) is 0 Å². The third-order valence-electron chi connectivity index (χ3n) is 1.95. The van der Waals surface area contributed by atoms with E-state index in [0.29, 0.717) is 0 Å². The number of hydrogen-bond acceptors (Lipinski definition) is 1. The molecule has 0 atom stereocenters. The molecule has 1 nitrogen and oxygen atoms in total. The van der Waals surface area contributed by atoms with E-state index in [4.69, 9.17) is 11.6 Å². The van der Waals surface area contributed by atoms with Gasteiger partial charge in [-0.1, -0.05) is 24.1 Å². The molecule has 0 saturated carbocycles. The zero-order chi connectivity index (χ0) is 9.84. The van der Waals surface area contributed by atoms with Crippen LogP contribution >= 0.6 is 32.8 Å². The van der Waals surface area contributed by atoms with Crippen molar-refractivity contribution in [3.63, 3.8) is 0 Å². The lowest BCUT2D eigenvalue weighted by Crippen LogP contribution is -1.81. The zero-order valence-electron chi connectivity index (χ0n) is 7.73. The molecule has 0 bridgehead atoms. The predicted octanol–water partition coefficient (Wildman–Crippen LogP) is 4.44. The monoisotopic (exact) mass is 310 g/mol. The fourth-order valence-corrected chi connectivity index (χ4v) is 3.20. The van der Waals surface area contributed by atoms with E-state index < -0.39 is 21.2 Å².